The van der Waals surface area contributed by atoms with Crippen molar-refractivity contribution in [2.45, 2.75) is 31.0 Å². The summed E-state index contributed by atoms with van der Waals surface area (Å²) in [7, 11) is 0. The smallest absolute Gasteiger partial charge is 0.319 e. The van der Waals surface area contributed by atoms with Gasteiger partial charge in [0.1, 0.15) is 30.7 Å². The second kappa shape index (κ2) is 11.9. The first-order valence-electron chi connectivity index (χ1n) is 15.0. The minimum absolute atomic E-state index is 0.0775. The topological polar surface area (TPSA) is 83.1 Å². The van der Waals surface area contributed by atoms with Crippen molar-refractivity contribution in [3.8, 4) is 22.9 Å². The van der Waals surface area contributed by atoms with Gasteiger partial charge >= 0.3 is 6.01 Å². The first-order chi connectivity index (χ1) is 21.7. The Morgan fingerprint density at radius 3 is 2.71 bits per heavy atom. The van der Waals surface area contributed by atoms with Crippen LogP contribution in [0, 0.1) is 5.82 Å². The van der Waals surface area contributed by atoms with Crippen molar-refractivity contribution >= 4 is 63.1 Å². The molecule has 0 bridgehead atoms. The summed E-state index contributed by atoms with van der Waals surface area (Å²) < 4.78 is 42.8. The Morgan fingerprint density at radius 1 is 1.13 bits per heavy atom. The first-order valence-corrected chi connectivity index (χ1v) is 16.1. The number of hydrogen-bond acceptors (Lipinski definition) is 8. The Kier molecular flexibility index (Phi) is 8.08. The van der Waals surface area contributed by atoms with Crippen LogP contribution in [0.4, 0.5) is 20.3 Å². The lowest BCUT2D eigenvalue weighted by molar-refractivity contribution is -0.126. The summed E-state index contributed by atoms with van der Waals surface area (Å²) in [6.07, 6.45) is 2.58. The molecule has 1 amide bonds. The third kappa shape index (κ3) is 5.31. The number of benzene rings is 2. The fourth-order valence-corrected chi connectivity index (χ4v) is 7.92. The monoisotopic (exact) mass is 678 g/mol. The molecule has 2 atom stereocenters. The molecular formula is C31H31Cl3F2N6O3. The molecule has 9 nitrogen and oxygen atoms in total. The van der Waals surface area contributed by atoms with E-state index >= 15 is 4.39 Å². The van der Waals surface area contributed by atoms with Crippen LogP contribution in [0.3, 0.4) is 0 Å². The highest BCUT2D eigenvalue weighted by atomic mass is 35.5. The quantitative estimate of drug-likeness (QED) is 0.260. The van der Waals surface area contributed by atoms with Crippen molar-refractivity contribution < 1.29 is 23.0 Å². The van der Waals surface area contributed by atoms with Crippen LogP contribution in [0.2, 0.25) is 15.1 Å². The van der Waals surface area contributed by atoms with Crippen LogP contribution >= 0.6 is 34.8 Å². The number of halogens is 5. The van der Waals surface area contributed by atoms with E-state index in [1.165, 1.54) is 12.1 Å². The Morgan fingerprint density at radius 2 is 1.93 bits per heavy atom. The summed E-state index contributed by atoms with van der Waals surface area (Å²) in [4.78, 5) is 27.8. The second-order valence-electron chi connectivity index (χ2n) is 11.8. The number of carbonyl (C=O) groups excluding carboxylic acids is 1. The molecule has 0 radical (unpaired) electrons. The average Bonchev–Trinajstić information content (AvgIpc) is 3.54. The SMILES string of the molecule is C=CC(=O)N1CCN(c2nc(OCC34CCCN3CC(F)C4)nc3c4c(c(Cl)cc23)-c2c(F)c(Cl)cc(Cl)c2NCCO4)CC1. The molecule has 0 aliphatic carbocycles. The number of anilines is 2. The van der Waals surface area contributed by atoms with E-state index < -0.39 is 17.5 Å². The predicted octanol–water partition coefficient (Wildman–Crippen LogP) is 5.99. The van der Waals surface area contributed by atoms with Gasteiger partial charge in [-0.3, -0.25) is 9.69 Å². The normalized spacial score (nSPS) is 23.0. The number of carbonyl (C=O) groups is 1. The highest BCUT2D eigenvalue weighted by Gasteiger charge is 2.49. The molecule has 45 heavy (non-hydrogen) atoms. The Labute approximate surface area is 274 Å². The molecule has 7 rings (SSSR count). The fourth-order valence-electron chi connectivity index (χ4n) is 7.10. The molecule has 4 aliphatic rings. The maximum absolute atomic E-state index is 15.8. The number of rotatable bonds is 5. The fraction of sp³-hybridized carbons (Fsp3) is 0.452. The molecule has 4 aliphatic heterocycles. The van der Waals surface area contributed by atoms with Crippen LogP contribution in [0.15, 0.2) is 24.8 Å². The largest absolute Gasteiger partial charge is 0.489 e. The van der Waals surface area contributed by atoms with E-state index in [0.29, 0.717) is 68.1 Å². The van der Waals surface area contributed by atoms with E-state index in [4.69, 9.17) is 54.2 Å². The average molecular weight is 680 g/mol. The summed E-state index contributed by atoms with van der Waals surface area (Å²) in [5.41, 5.74) is 0.635. The predicted molar refractivity (Wildman–Crippen MR) is 171 cm³/mol. The van der Waals surface area contributed by atoms with Gasteiger partial charge in [-0.05, 0) is 37.6 Å². The first kappa shape index (κ1) is 30.5. The highest BCUT2D eigenvalue weighted by molar-refractivity contribution is 6.39. The number of hydrogen-bond donors (Lipinski definition) is 1. The zero-order valence-electron chi connectivity index (χ0n) is 24.4. The van der Waals surface area contributed by atoms with Crippen LogP contribution < -0.4 is 19.7 Å². The van der Waals surface area contributed by atoms with Gasteiger partial charge in [0.2, 0.25) is 5.91 Å². The third-order valence-electron chi connectivity index (χ3n) is 9.23. The van der Waals surface area contributed by atoms with Crippen LogP contribution in [0.25, 0.3) is 22.0 Å². The summed E-state index contributed by atoms with van der Waals surface area (Å²) in [6.45, 7) is 7.45. The number of nitrogens with one attached hydrogen (secondary N) is 1. The summed E-state index contributed by atoms with van der Waals surface area (Å²) in [5, 5.41) is 3.98. The maximum atomic E-state index is 15.8. The lowest BCUT2D eigenvalue weighted by Gasteiger charge is -2.36. The Balaban J connectivity index is 1.37. The number of fused-ring (bicyclic) bond motifs is 6. The lowest BCUT2D eigenvalue weighted by Crippen LogP contribution is -2.48. The molecule has 1 aromatic heterocycles. The van der Waals surface area contributed by atoms with Gasteiger partial charge in [0.25, 0.3) is 0 Å². The van der Waals surface area contributed by atoms with E-state index in [-0.39, 0.29) is 57.1 Å². The standard InChI is InChI=1S/C31H31Cl3F2N6O3/c1-2-22(43)40-7-9-41(10-8-40)29-18-12-19(32)23-24-25(36)20(33)13-21(34)27(24)37-5-11-44-28(23)26(18)38-30(39-29)45-16-31-4-3-6-42(31)15-17(35)14-31/h2,12-13,17,37H,1,3-11,14-16H2. The molecule has 2 unspecified atom stereocenters. The van der Waals surface area contributed by atoms with E-state index in [1.54, 1.807) is 11.0 Å². The number of amides is 1. The molecule has 3 aromatic rings. The van der Waals surface area contributed by atoms with Gasteiger partial charge in [-0.15, -0.1) is 0 Å². The molecular weight excluding hydrogens is 649 g/mol. The summed E-state index contributed by atoms with van der Waals surface area (Å²) in [5.74, 6) is -0.0575. The van der Waals surface area contributed by atoms with Gasteiger partial charge in [0.15, 0.2) is 11.6 Å². The number of aromatic nitrogens is 2. The molecule has 1 N–H and O–H groups in total. The van der Waals surface area contributed by atoms with Gasteiger partial charge in [-0.25, -0.2) is 8.78 Å². The Bertz CT molecular complexity index is 1710. The molecule has 238 valence electrons. The van der Waals surface area contributed by atoms with Crippen molar-refractivity contribution in [2.24, 2.45) is 0 Å². The molecule has 5 heterocycles. The number of ether oxygens (including phenoxy) is 2. The van der Waals surface area contributed by atoms with Crippen molar-refractivity contribution in [1.29, 1.82) is 0 Å². The van der Waals surface area contributed by atoms with E-state index in [9.17, 15) is 9.18 Å². The maximum Gasteiger partial charge on any atom is 0.319 e. The van der Waals surface area contributed by atoms with Crippen molar-refractivity contribution in [3.63, 3.8) is 0 Å². The van der Waals surface area contributed by atoms with E-state index in [0.717, 1.165) is 19.4 Å². The zero-order chi connectivity index (χ0) is 31.5. The van der Waals surface area contributed by atoms with Gasteiger partial charge in [-0.1, -0.05) is 41.4 Å². The summed E-state index contributed by atoms with van der Waals surface area (Å²) >= 11 is 19.7. The second-order valence-corrected chi connectivity index (χ2v) is 13.1. The molecule has 0 spiro atoms. The zero-order valence-corrected chi connectivity index (χ0v) is 26.6. The molecule has 3 saturated heterocycles. The molecule has 14 heteroatoms. The molecule has 2 aromatic carbocycles. The summed E-state index contributed by atoms with van der Waals surface area (Å²) in [6, 6.07) is 3.12. The third-order valence-corrected chi connectivity index (χ3v) is 10.1. The minimum Gasteiger partial charge on any atom is -0.489 e. The van der Waals surface area contributed by atoms with Gasteiger partial charge in [0, 0.05) is 62.2 Å². The number of nitrogens with zero attached hydrogens (tertiary/aromatic N) is 5. The lowest BCUT2D eigenvalue weighted by atomic mass is 9.95. The van der Waals surface area contributed by atoms with Crippen LogP contribution in [0.1, 0.15) is 19.3 Å². The van der Waals surface area contributed by atoms with Crippen molar-refractivity contribution in [3.05, 3.63) is 45.7 Å². The van der Waals surface area contributed by atoms with Gasteiger partial charge in [0.05, 0.1) is 26.3 Å². The number of alkyl halides is 1. The van der Waals surface area contributed by atoms with Crippen LogP contribution in [-0.2, 0) is 4.79 Å². The van der Waals surface area contributed by atoms with E-state index in [2.05, 4.69) is 16.8 Å². The van der Waals surface area contributed by atoms with E-state index in [1.807, 2.05) is 4.90 Å². The van der Waals surface area contributed by atoms with Crippen molar-refractivity contribution in [2.75, 3.05) is 69.2 Å². The molecule has 3 fully saturated rings. The van der Waals surface area contributed by atoms with Gasteiger partial charge < -0.3 is 24.6 Å². The number of piperazine rings is 1. The molecule has 0 saturated carbocycles. The van der Waals surface area contributed by atoms with Gasteiger partial charge in [-0.2, -0.15) is 9.97 Å². The highest BCUT2D eigenvalue weighted by Crippen LogP contribution is 2.51. The van der Waals surface area contributed by atoms with Crippen molar-refractivity contribution in [1.82, 2.24) is 19.8 Å². The van der Waals surface area contributed by atoms with Crippen LogP contribution in [-0.4, -0.2) is 96.4 Å². The van der Waals surface area contributed by atoms with Crippen LogP contribution in [0.5, 0.6) is 11.8 Å². The Hall–Kier alpha value is -3.12. The minimum atomic E-state index is -0.908.